The molecule has 0 bridgehead atoms. The molecule has 3 rings (SSSR count). The van der Waals surface area contributed by atoms with Crippen molar-refractivity contribution in [3.63, 3.8) is 0 Å². The molecule has 29 heavy (non-hydrogen) atoms. The smallest absolute Gasteiger partial charge is 0.258 e. The summed E-state index contributed by atoms with van der Waals surface area (Å²) in [4.78, 5) is 33.8. The third-order valence-electron chi connectivity index (χ3n) is 4.02. The number of carbonyl (C=O) groups is 2. The Balaban J connectivity index is 1.60. The molecule has 0 fully saturated rings. The van der Waals surface area contributed by atoms with Crippen LogP contribution in [0.15, 0.2) is 60.9 Å². The fourth-order valence-corrected chi connectivity index (χ4v) is 2.53. The number of aromatic nitrogens is 2. The topological polar surface area (TPSA) is 99.2 Å². The van der Waals surface area contributed by atoms with Crippen molar-refractivity contribution in [1.82, 2.24) is 9.97 Å². The van der Waals surface area contributed by atoms with E-state index in [0.717, 1.165) is 11.4 Å². The lowest BCUT2D eigenvalue weighted by molar-refractivity contribution is -0.114. The number of carbonyl (C=O) groups excluding carboxylic acids is 2. The molecule has 0 saturated carbocycles. The number of rotatable bonds is 6. The maximum Gasteiger partial charge on any atom is 0.258 e. The zero-order valence-corrected chi connectivity index (χ0v) is 16.4. The van der Waals surface area contributed by atoms with Crippen molar-refractivity contribution in [2.45, 2.75) is 6.92 Å². The van der Waals surface area contributed by atoms with Crippen LogP contribution in [0.2, 0.25) is 0 Å². The van der Waals surface area contributed by atoms with Crippen LogP contribution in [0.25, 0.3) is 0 Å². The summed E-state index contributed by atoms with van der Waals surface area (Å²) in [7, 11) is 3.96. The van der Waals surface area contributed by atoms with E-state index in [9.17, 15) is 9.59 Å². The molecule has 0 aliphatic carbocycles. The van der Waals surface area contributed by atoms with Gasteiger partial charge in [0.2, 0.25) is 11.9 Å². The second-order valence-electron chi connectivity index (χ2n) is 6.57. The van der Waals surface area contributed by atoms with E-state index in [0.29, 0.717) is 22.9 Å². The molecule has 2 aromatic carbocycles. The van der Waals surface area contributed by atoms with Gasteiger partial charge in [0.15, 0.2) is 0 Å². The summed E-state index contributed by atoms with van der Waals surface area (Å²) in [6.07, 6.45) is 2.93. The van der Waals surface area contributed by atoms with E-state index in [1.54, 1.807) is 24.3 Å². The van der Waals surface area contributed by atoms with Crippen molar-refractivity contribution in [3.8, 4) is 0 Å². The van der Waals surface area contributed by atoms with Gasteiger partial charge in [-0.25, -0.2) is 9.97 Å². The molecule has 1 heterocycles. The maximum absolute atomic E-state index is 12.4. The number of nitrogens with one attached hydrogen (secondary N) is 3. The van der Waals surface area contributed by atoms with Crippen molar-refractivity contribution in [3.05, 3.63) is 66.5 Å². The lowest BCUT2D eigenvalue weighted by atomic mass is 10.2. The Hall–Kier alpha value is -3.94. The third-order valence-corrected chi connectivity index (χ3v) is 4.02. The van der Waals surface area contributed by atoms with E-state index < -0.39 is 0 Å². The van der Waals surface area contributed by atoms with Gasteiger partial charge in [-0.1, -0.05) is 0 Å². The van der Waals surface area contributed by atoms with E-state index in [1.807, 2.05) is 43.3 Å². The molecule has 1 aromatic heterocycles. The van der Waals surface area contributed by atoms with Crippen LogP contribution in [0.3, 0.4) is 0 Å². The molecule has 0 saturated heterocycles. The van der Waals surface area contributed by atoms with E-state index >= 15 is 0 Å². The standard InChI is InChI=1S/C21H22N6O2/c1-14(28)24-16-4-6-17(7-5-16)25-20(29)15-12-22-21(23-13-15)26-18-8-10-19(11-9-18)27(2)3/h4-13H,1-3H3,(H,24,28)(H,25,29)(H,22,23,26). The van der Waals surface area contributed by atoms with Crippen LogP contribution in [0.1, 0.15) is 17.3 Å². The maximum atomic E-state index is 12.4. The summed E-state index contributed by atoms with van der Waals surface area (Å²) in [5.74, 6) is -0.0701. The molecule has 148 valence electrons. The molecule has 8 nitrogen and oxygen atoms in total. The first-order valence-electron chi connectivity index (χ1n) is 8.96. The Labute approximate surface area is 169 Å². The average molecular weight is 390 g/mol. The third kappa shape index (κ3) is 5.52. The van der Waals surface area contributed by atoms with Gasteiger partial charge >= 0.3 is 0 Å². The monoisotopic (exact) mass is 390 g/mol. The van der Waals surface area contributed by atoms with Crippen LogP contribution in [-0.2, 0) is 4.79 Å². The molecule has 0 radical (unpaired) electrons. The summed E-state index contributed by atoms with van der Waals surface area (Å²) in [6, 6.07) is 14.7. The van der Waals surface area contributed by atoms with Crippen LogP contribution in [0.5, 0.6) is 0 Å². The second-order valence-corrected chi connectivity index (χ2v) is 6.57. The Morgan fingerprint density at radius 3 is 1.83 bits per heavy atom. The highest BCUT2D eigenvalue weighted by Crippen LogP contribution is 2.18. The quantitative estimate of drug-likeness (QED) is 0.596. The van der Waals surface area contributed by atoms with E-state index in [1.165, 1.54) is 19.3 Å². The molecule has 0 aliphatic heterocycles. The molecule has 2 amide bonds. The first-order chi connectivity index (χ1) is 13.9. The summed E-state index contributed by atoms with van der Waals surface area (Å²) in [5.41, 5.74) is 3.55. The van der Waals surface area contributed by atoms with Crippen molar-refractivity contribution in [1.29, 1.82) is 0 Å². The highest BCUT2D eigenvalue weighted by molar-refractivity contribution is 6.04. The van der Waals surface area contributed by atoms with Crippen molar-refractivity contribution >= 4 is 40.5 Å². The zero-order chi connectivity index (χ0) is 20.8. The first kappa shape index (κ1) is 19.8. The molecule has 3 N–H and O–H groups in total. The van der Waals surface area contributed by atoms with Gasteiger partial charge in [-0.15, -0.1) is 0 Å². The molecule has 0 atom stereocenters. The molecular formula is C21H22N6O2. The average Bonchev–Trinajstić information content (AvgIpc) is 2.70. The van der Waals surface area contributed by atoms with Crippen LogP contribution in [-0.4, -0.2) is 35.9 Å². The minimum Gasteiger partial charge on any atom is -0.378 e. The molecule has 0 unspecified atom stereocenters. The minimum absolute atomic E-state index is 0.152. The Morgan fingerprint density at radius 2 is 1.31 bits per heavy atom. The Bertz CT molecular complexity index is 983. The van der Waals surface area contributed by atoms with E-state index in [-0.39, 0.29) is 11.8 Å². The largest absolute Gasteiger partial charge is 0.378 e. The number of hydrogen-bond donors (Lipinski definition) is 3. The van der Waals surface area contributed by atoms with Gasteiger partial charge in [-0.3, -0.25) is 9.59 Å². The van der Waals surface area contributed by atoms with Crippen LogP contribution in [0.4, 0.5) is 28.7 Å². The summed E-state index contributed by atoms with van der Waals surface area (Å²) in [6.45, 7) is 1.44. The number of hydrogen-bond acceptors (Lipinski definition) is 6. The second kappa shape index (κ2) is 8.83. The van der Waals surface area contributed by atoms with Gasteiger partial charge in [0.25, 0.3) is 5.91 Å². The Morgan fingerprint density at radius 1 is 0.793 bits per heavy atom. The molecule has 8 heteroatoms. The molecule has 0 spiro atoms. The summed E-state index contributed by atoms with van der Waals surface area (Å²) >= 11 is 0. The lowest BCUT2D eigenvalue weighted by Crippen LogP contribution is -2.13. The summed E-state index contributed by atoms with van der Waals surface area (Å²) < 4.78 is 0. The fourth-order valence-electron chi connectivity index (χ4n) is 2.53. The van der Waals surface area contributed by atoms with E-state index in [2.05, 4.69) is 25.9 Å². The molecular weight excluding hydrogens is 368 g/mol. The van der Waals surface area contributed by atoms with Gasteiger partial charge < -0.3 is 20.9 Å². The number of benzene rings is 2. The number of anilines is 5. The first-order valence-corrected chi connectivity index (χ1v) is 8.96. The highest BCUT2D eigenvalue weighted by atomic mass is 16.2. The van der Waals surface area contributed by atoms with E-state index in [4.69, 9.17) is 0 Å². The van der Waals surface area contributed by atoms with Gasteiger partial charge in [0, 0.05) is 56.2 Å². The van der Waals surface area contributed by atoms with Gasteiger partial charge in [-0.05, 0) is 48.5 Å². The minimum atomic E-state index is -0.320. The van der Waals surface area contributed by atoms with Crippen LogP contribution >= 0.6 is 0 Å². The zero-order valence-electron chi connectivity index (χ0n) is 16.4. The number of nitrogens with zero attached hydrogens (tertiary/aromatic N) is 3. The van der Waals surface area contributed by atoms with Crippen molar-refractivity contribution < 1.29 is 9.59 Å². The van der Waals surface area contributed by atoms with Gasteiger partial charge in [0.1, 0.15) is 0 Å². The Kier molecular flexibility index (Phi) is 6.03. The van der Waals surface area contributed by atoms with Gasteiger partial charge in [0.05, 0.1) is 5.56 Å². The van der Waals surface area contributed by atoms with Crippen LogP contribution in [0, 0.1) is 0 Å². The lowest BCUT2D eigenvalue weighted by Gasteiger charge is -2.13. The molecule has 0 aliphatic rings. The van der Waals surface area contributed by atoms with Gasteiger partial charge in [-0.2, -0.15) is 0 Å². The molecule has 3 aromatic rings. The predicted molar refractivity (Wildman–Crippen MR) is 115 cm³/mol. The number of amides is 2. The summed E-state index contributed by atoms with van der Waals surface area (Å²) in [5, 5.41) is 8.54. The van der Waals surface area contributed by atoms with Crippen LogP contribution < -0.4 is 20.9 Å². The predicted octanol–water partition coefficient (Wildman–Crippen LogP) is 3.50. The van der Waals surface area contributed by atoms with Crippen molar-refractivity contribution in [2.75, 3.05) is 34.9 Å². The van der Waals surface area contributed by atoms with Crippen molar-refractivity contribution in [2.24, 2.45) is 0 Å². The SMILES string of the molecule is CC(=O)Nc1ccc(NC(=O)c2cnc(Nc3ccc(N(C)C)cc3)nc2)cc1. The fraction of sp³-hybridized carbons (Fsp3) is 0.143. The normalized spacial score (nSPS) is 10.2. The highest BCUT2D eigenvalue weighted by Gasteiger charge is 2.08.